The van der Waals surface area contributed by atoms with Crippen LogP contribution in [0.25, 0.3) is 0 Å². The van der Waals surface area contributed by atoms with Gasteiger partial charge in [-0.05, 0) is 64.2 Å². The van der Waals surface area contributed by atoms with Crippen LogP contribution in [0, 0.1) is 0 Å². The lowest BCUT2D eigenvalue weighted by Crippen LogP contribution is -1.93. The van der Waals surface area contributed by atoms with Gasteiger partial charge >= 0.3 is 11.9 Å². The Morgan fingerprint density at radius 3 is 0.587 bits per heavy atom. The summed E-state index contributed by atoms with van der Waals surface area (Å²) in [5.41, 5.74) is 0. The van der Waals surface area contributed by atoms with Crippen molar-refractivity contribution in [2.45, 2.75) is 231 Å². The highest BCUT2D eigenvalue weighted by Crippen LogP contribution is 2.16. The van der Waals surface area contributed by atoms with Crippen molar-refractivity contribution in [3.63, 3.8) is 0 Å². The van der Waals surface area contributed by atoms with Crippen molar-refractivity contribution in [2.75, 3.05) is 0 Å². The van der Waals surface area contributed by atoms with Crippen molar-refractivity contribution in [2.24, 2.45) is 0 Å². The molecule has 0 aliphatic rings. The molecule has 0 aliphatic carbocycles. The third-order valence-electron chi connectivity index (χ3n) is 9.35. The highest BCUT2D eigenvalue weighted by molar-refractivity contribution is 5.66. The lowest BCUT2D eigenvalue weighted by atomic mass is 10.0. The molecule has 0 rings (SSSR count). The highest BCUT2D eigenvalue weighted by atomic mass is 16.4. The summed E-state index contributed by atoms with van der Waals surface area (Å²) in [6, 6.07) is 0. The minimum atomic E-state index is -0.664. The SMILES string of the molecule is O=C(O)CCCCCCC/C=C\CCCCCCCCCCCCCCCCCCCCCC/C=C\CCCCCCCC(=O)O. The standard InChI is InChI=1S/C42H78O4/c43-41(44)39-37-35-33-31-29-27-25-23-21-19-17-15-13-11-9-7-5-3-1-2-4-6-8-10-12-14-16-18-20-22-24-26-28-30-32-34-36-38-40-42(45)46/h23-26H,1-22,27-40H2,(H,43,44)(H,45,46)/b25-23-,26-24-. The zero-order valence-corrected chi connectivity index (χ0v) is 30.5. The van der Waals surface area contributed by atoms with E-state index in [1.165, 1.54) is 193 Å². The number of rotatable bonds is 39. The van der Waals surface area contributed by atoms with E-state index >= 15 is 0 Å². The molecule has 2 N–H and O–H groups in total. The van der Waals surface area contributed by atoms with Crippen LogP contribution in [0.3, 0.4) is 0 Å². The molecule has 4 nitrogen and oxygen atoms in total. The average Bonchev–Trinajstić information content (AvgIpc) is 3.03. The molecule has 0 heterocycles. The number of hydrogen-bond donors (Lipinski definition) is 2. The van der Waals surface area contributed by atoms with Gasteiger partial charge < -0.3 is 10.2 Å². The zero-order chi connectivity index (χ0) is 33.4. The Bertz CT molecular complexity index is 625. The van der Waals surface area contributed by atoms with E-state index in [1.54, 1.807) is 0 Å². The van der Waals surface area contributed by atoms with Gasteiger partial charge in [0.15, 0.2) is 0 Å². The Balaban J connectivity index is 3.12. The number of unbranched alkanes of at least 4 members (excludes halogenated alkanes) is 31. The van der Waals surface area contributed by atoms with Crippen molar-refractivity contribution in [1.29, 1.82) is 0 Å². The van der Waals surface area contributed by atoms with E-state index in [0.29, 0.717) is 12.8 Å². The number of carbonyl (C=O) groups is 2. The first kappa shape index (κ1) is 44.4. The molecule has 0 amide bonds. The van der Waals surface area contributed by atoms with E-state index in [9.17, 15) is 9.59 Å². The summed E-state index contributed by atoms with van der Waals surface area (Å²) in [4.78, 5) is 21.0. The molecule has 0 radical (unpaired) electrons. The second kappa shape index (κ2) is 39.6. The molecule has 4 heteroatoms. The van der Waals surface area contributed by atoms with E-state index < -0.39 is 11.9 Å². The molecule has 0 aromatic heterocycles. The van der Waals surface area contributed by atoms with Crippen LogP contribution in [0.4, 0.5) is 0 Å². The number of hydrogen-bond acceptors (Lipinski definition) is 2. The van der Waals surface area contributed by atoms with E-state index in [4.69, 9.17) is 10.2 Å². The molecule has 0 unspecified atom stereocenters. The molecule has 270 valence electrons. The fourth-order valence-electron chi connectivity index (χ4n) is 6.32. The van der Waals surface area contributed by atoms with E-state index in [1.807, 2.05) is 0 Å². The summed E-state index contributed by atoms with van der Waals surface area (Å²) in [5.74, 6) is -1.33. The fourth-order valence-corrected chi connectivity index (χ4v) is 6.32. The molecule has 0 saturated heterocycles. The third-order valence-corrected chi connectivity index (χ3v) is 9.35. The summed E-state index contributed by atoms with van der Waals surface area (Å²) < 4.78 is 0. The predicted octanol–water partition coefficient (Wildman–Crippen LogP) is 14.3. The predicted molar refractivity (Wildman–Crippen MR) is 200 cm³/mol. The Hall–Kier alpha value is -1.58. The zero-order valence-electron chi connectivity index (χ0n) is 30.5. The van der Waals surface area contributed by atoms with Crippen LogP contribution in [-0.2, 0) is 9.59 Å². The van der Waals surface area contributed by atoms with Gasteiger partial charge in [0, 0.05) is 12.8 Å². The van der Waals surface area contributed by atoms with Gasteiger partial charge in [-0.2, -0.15) is 0 Å². The van der Waals surface area contributed by atoms with Gasteiger partial charge in [-0.25, -0.2) is 0 Å². The van der Waals surface area contributed by atoms with Crippen LogP contribution >= 0.6 is 0 Å². The van der Waals surface area contributed by atoms with Crippen molar-refractivity contribution in [3.8, 4) is 0 Å². The second-order valence-electron chi connectivity index (χ2n) is 14.0. The molecule has 0 atom stereocenters. The van der Waals surface area contributed by atoms with Crippen LogP contribution in [0.2, 0.25) is 0 Å². The van der Waals surface area contributed by atoms with Gasteiger partial charge in [0.1, 0.15) is 0 Å². The van der Waals surface area contributed by atoms with Gasteiger partial charge in [0.05, 0.1) is 0 Å². The summed E-state index contributed by atoms with van der Waals surface area (Å²) in [6.45, 7) is 0. The van der Waals surface area contributed by atoms with E-state index in [-0.39, 0.29) is 0 Å². The Labute approximate surface area is 286 Å². The molecule has 0 aliphatic heterocycles. The number of carboxylic acid groups (broad SMARTS) is 2. The summed E-state index contributed by atoms with van der Waals surface area (Å²) in [6.07, 6.45) is 54.4. The quantitative estimate of drug-likeness (QED) is 0.0515. The third kappa shape index (κ3) is 42.4. The molecule has 0 aromatic rings. The minimum absolute atomic E-state index is 0.327. The van der Waals surface area contributed by atoms with Gasteiger partial charge in [0.25, 0.3) is 0 Å². The normalized spacial score (nSPS) is 11.7. The molecular formula is C42H78O4. The topological polar surface area (TPSA) is 74.6 Å². The van der Waals surface area contributed by atoms with Crippen LogP contribution in [0.15, 0.2) is 24.3 Å². The van der Waals surface area contributed by atoms with Crippen LogP contribution < -0.4 is 0 Å². The van der Waals surface area contributed by atoms with Gasteiger partial charge in [-0.15, -0.1) is 0 Å². The number of carboxylic acids is 2. The van der Waals surface area contributed by atoms with Crippen molar-refractivity contribution in [1.82, 2.24) is 0 Å². The summed E-state index contributed by atoms with van der Waals surface area (Å²) >= 11 is 0. The largest absolute Gasteiger partial charge is 0.481 e. The number of allylic oxidation sites excluding steroid dienone is 4. The molecule has 0 fully saturated rings. The maximum Gasteiger partial charge on any atom is 0.303 e. The molecule has 0 bridgehead atoms. The van der Waals surface area contributed by atoms with Crippen LogP contribution in [-0.4, -0.2) is 22.2 Å². The molecule has 0 aromatic carbocycles. The average molecular weight is 647 g/mol. The fraction of sp³-hybridized carbons (Fsp3) is 0.857. The second-order valence-corrected chi connectivity index (χ2v) is 14.0. The lowest BCUT2D eigenvalue weighted by molar-refractivity contribution is -0.138. The molecular weight excluding hydrogens is 568 g/mol. The lowest BCUT2D eigenvalue weighted by Gasteiger charge is -2.04. The first-order valence-corrected chi connectivity index (χ1v) is 20.4. The maximum atomic E-state index is 10.5. The van der Waals surface area contributed by atoms with Gasteiger partial charge in [-0.3, -0.25) is 9.59 Å². The summed E-state index contributed by atoms with van der Waals surface area (Å²) in [7, 11) is 0. The molecule has 0 spiro atoms. The number of aliphatic carboxylic acids is 2. The first-order valence-electron chi connectivity index (χ1n) is 20.4. The van der Waals surface area contributed by atoms with Crippen molar-refractivity contribution < 1.29 is 19.8 Å². The van der Waals surface area contributed by atoms with E-state index in [2.05, 4.69) is 24.3 Å². The van der Waals surface area contributed by atoms with Crippen LogP contribution in [0.1, 0.15) is 231 Å². The Morgan fingerprint density at radius 2 is 0.413 bits per heavy atom. The molecule has 46 heavy (non-hydrogen) atoms. The Morgan fingerprint density at radius 1 is 0.261 bits per heavy atom. The van der Waals surface area contributed by atoms with Gasteiger partial charge in [0.2, 0.25) is 0 Å². The van der Waals surface area contributed by atoms with Crippen molar-refractivity contribution in [3.05, 3.63) is 24.3 Å². The maximum absolute atomic E-state index is 10.5. The minimum Gasteiger partial charge on any atom is -0.481 e. The monoisotopic (exact) mass is 647 g/mol. The highest BCUT2D eigenvalue weighted by Gasteiger charge is 1.98. The van der Waals surface area contributed by atoms with Crippen molar-refractivity contribution >= 4 is 11.9 Å². The Kier molecular flexibility index (Phi) is 38.2. The smallest absolute Gasteiger partial charge is 0.303 e. The first-order chi connectivity index (χ1) is 22.6. The molecule has 0 saturated carbocycles. The van der Waals surface area contributed by atoms with E-state index in [0.717, 1.165) is 25.7 Å². The van der Waals surface area contributed by atoms with Crippen LogP contribution in [0.5, 0.6) is 0 Å². The summed E-state index contributed by atoms with van der Waals surface area (Å²) in [5, 5.41) is 17.3. The van der Waals surface area contributed by atoms with Gasteiger partial charge in [-0.1, -0.05) is 178 Å².